The second-order valence-corrected chi connectivity index (χ2v) is 5.20. The lowest BCUT2D eigenvalue weighted by Crippen LogP contribution is -2.54. The molecular formula is C14H21N3O2. The molecular weight excluding hydrogens is 242 g/mol. The topological polar surface area (TPSA) is 45.8 Å². The van der Waals surface area contributed by atoms with E-state index >= 15 is 0 Å². The van der Waals surface area contributed by atoms with Crippen molar-refractivity contribution >= 4 is 0 Å². The molecule has 1 fully saturated rings. The Morgan fingerprint density at radius 2 is 2.21 bits per heavy atom. The van der Waals surface area contributed by atoms with Crippen LogP contribution in [0.5, 0.6) is 11.5 Å². The van der Waals surface area contributed by atoms with Crippen molar-refractivity contribution < 1.29 is 9.47 Å². The molecule has 5 nitrogen and oxygen atoms in total. The van der Waals surface area contributed by atoms with Crippen LogP contribution >= 0.6 is 0 Å². The lowest BCUT2D eigenvalue weighted by molar-refractivity contribution is 0.174. The van der Waals surface area contributed by atoms with Crippen LogP contribution < -0.4 is 20.1 Å². The van der Waals surface area contributed by atoms with Crippen molar-refractivity contribution in [1.82, 2.24) is 15.5 Å². The smallest absolute Gasteiger partial charge is 0.231 e. The van der Waals surface area contributed by atoms with Crippen LogP contribution in [-0.4, -0.2) is 51.5 Å². The Bertz CT molecular complexity index is 452. The first kappa shape index (κ1) is 12.7. The Kier molecular flexibility index (Phi) is 3.59. The maximum Gasteiger partial charge on any atom is 0.231 e. The number of fused-ring (bicyclic) bond motifs is 1. The number of piperazine rings is 1. The fraction of sp³-hybridized carbons (Fsp3) is 0.571. The quantitative estimate of drug-likeness (QED) is 0.835. The van der Waals surface area contributed by atoms with E-state index in [-0.39, 0.29) is 6.04 Å². The minimum Gasteiger partial charge on any atom is -0.454 e. The highest BCUT2D eigenvalue weighted by Crippen LogP contribution is 2.34. The zero-order valence-electron chi connectivity index (χ0n) is 11.5. The molecule has 3 rings (SSSR count). The van der Waals surface area contributed by atoms with Gasteiger partial charge in [-0.25, -0.2) is 0 Å². The Morgan fingerprint density at radius 1 is 1.37 bits per heavy atom. The third-order valence-corrected chi connectivity index (χ3v) is 3.88. The van der Waals surface area contributed by atoms with Gasteiger partial charge in [0.2, 0.25) is 6.79 Å². The summed E-state index contributed by atoms with van der Waals surface area (Å²) in [5, 5.41) is 7.00. The Labute approximate surface area is 113 Å². The van der Waals surface area contributed by atoms with Gasteiger partial charge in [0.25, 0.3) is 0 Å². The normalized spacial score (nSPS) is 24.4. The summed E-state index contributed by atoms with van der Waals surface area (Å²) < 4.78 is 10.8. The molecule has 0 spiro atoms. The lowest BCUT2D eigenvalue weighted by atomic mass is 9.97. The highest BCUT2D eigenvalue weighted by Gasteiger charge is 2.27. The number of nitrogens with zero attached hydrogens (tertiary/aromatic N) is 1. The molecule has 1 aromatic rings. The van der Waals surface area contributed by atoms with Gasteiger partial charge in [0.05, 0.1) is 0 Å². The molecule has 19 heavy (non-hydrogen) atoms. The van der Waals surface area contributed by atoms with Crippen molar-refractivity contribution in [2.24, 2.45) is 0 Å². The summed E-state index contributed by atoms with van der Waals surface area (Å²) in [6, 6.07) is 6.88. The summed E-state index contributed by atoms with van der Waals surface area (Å²) >= 11 is 0. The van der Waals surface area contributed by atoms with Crippen LogP contribution in [0.1, 0.15) is 11.6 Å². The van der Waals surface area contributed by atoms with E-state index in [4.69, 9.17) is 9.47 Å². The summed E-state index contributed by atoms with van der Waals surface area (Å²) in [4.78, 5) is 2.36. The standard InChI is InChI=1S/C14H21N3O2/c1-15-14(11-8-17(2)6-5-16-11)10-3-4-12-13(7-10)19-9-18-12/h3-4,7,11,14-16H,5-6,8-9H2,1-2H3. The van der Waals surface area contributed by atoms with E-state index in [1.54, 1.807) is 0 Å². The summed E-state index contributed by atoms with van der Waals surface area (Å²) in [6.07, 6.45) is 0. The van der Waals surface area contributed by atoms with E-state index in [9.17, 15) is 0 Å². The van der Waals surface area contributed by atoms with Crippen molar-refractivity contribution in [2.45, 2.75) is 12.1 Å². The van der Waals surface area contributed by atoms with Gasteiger partial charge in [-0.1, -0.05) is 6.07 Å². The van der Waals surface area contributed by atoms with Gasteiger partial charge < -0.3 is 25.0 Å². The van der Waals surface area contributed by atoms with E-state index in [0.717, 1.165) is 31.1 Å². The number of nitrogens with one attached hydrogen (secondary N) is 2. The molecule has 0 bridgehead atoms. The van der Waals surface area contributed by atoms with E-state index in [1.165, 1.54) is 5.56 Å². The Morgan fingerprint density at radius 3 is 3.00 bits per heavy atom. The minimum atomic E-state index is 0.275. The van der Waals surface area contributed by atoms with Crippen LogP contribution in [0.25, 0.3) is 0 Å². The van der Waals surface area contributed by atoms with Crippen molar-refractivity contribution in [3.05, 3.63) is 23.8 Å². The van der Waals surface area contributed by atoms with Crippen LogP contribution in [-0.2, 0) is 0 Å². The molecule has 2 unspecified atom stereocenters. The van der Waals surface area contributed by atoms with Gasteiger partial charge in [0, 0.05) is 31.7 Å². The number of likely N-dealkylation sites (N-methyl/N-ethyl adjacent to an activating group) is 2. The molecule has 0 amide bonds. The highest BCUT2D eigenvalue weighted by atomic mass is 16.7. The fourth-order valence-corrected chi connectivity index (χ4v) is 2.86. The first-order valence-electron chi connectivity index (χ1n) is 6.76. The molecule has 2 atom stereocenters. The van der Waals surface area contributed by atoms with Crippen LogP contribution in [0.15, 0.2) is 18.2 Å². The van der Waals surface area contributed by atoms with Crippen molar-refractivity contribution in [3.8, 4) is 11.5 Å². The molecule has 0 radical (unpaired) electrons. The molecule has 2 aliphatic heterocycles. The molecule has 1 saturated heterocycles. The third kappa shape index (κ3) is 2.54. The van der Waals surface area contributed by atoms with E-state index in [2.05, 4.69) is 34.7 Å². The Balaban J connectivity index is 1.81. The molecule has 1 aromatic carbocycles. The van der Waals surface area contributed by atoms with Gasteiger partial charge in [0.1, 0.15) is 0 Å². The molecule has 0 aliphatic carbocycles. The summed E-state index contributed by atoms with van der Waals surface area (Å²) in [7, 11) is 4.17. The molecule has 2 aliphatic rings. The van der Waals surface area contributed by atoms with E-state index < -0.39 is 0 Å². The van der Waals surface area contributed by atoms with Crippen molar-refractivity contribution in [3.63, 3.8) is 0 Å². The molecule has 0 saturated carbocycles. The number of ether oxygens (including phenoxy) is 2. The van der Waals surface area contributed by atoms with E-state index in [1.807, 2.05) is 13.1 Å². The number of hydrogen-bond acceptors (Lipinski definition) is 5. The molecule has 2 heterocycles. The lowest BCUT2D eigenvalue weighted by Gasteiger charge is -2.36. The second-order valence-electron chi connectivity index (χ2n) is 5.20. The largest absolute Gasteiger partial charge is 0.454 e. The first-order valence-corrected chi connectivity index (χ1v) is 6.76. The van der Waals surface area contributed by atoms with Crippen molar-refractivity contribution in [2.75, 3.05) is 40.5 Å². The molecule has 2 N–H and O–H groups in total. The number of hydrogen-bond donors (Lipinski definition) is 2. The first-order chi connectivity index (χ1) is 9.28. The minimum absolute atomic E-state index is 0.275. The van der Waals surface area contributed by atoms with Crippen LogP contribution in [0.3, 0.4) is 0 Å². The summed E-state index contributed by atoms with van der Waals surface area (Å²) in [6.45, 7) is 3.51. The Hall–Kier alpha value is -1.30. The SMILES string of the molecule is CNC(c1ccc2c(c1)OCO2)C1CN(C)CCN1. The summed E-state index contributed by atoms with van der Waals surface area (Å²) in [5.41, 5.74) is 1.24. The average Bonchev–Trinajstić information content (AvgIpc) is 2.87. The van der Waals surface area contributed by atoms with Crippen LogP contribution in [0.2, 0.25) is 0 Å². The van der Waals surface area contributed by atoms with Crippen LogP contribution in [0.4, 0.5) is 0 Å². The van der Waals surface area contributed by atoms with Gasteiger partial charge in [-0.05, 0) is 31.8 Å². The van der Waals surface area contributed by atoms with Gasteiger partial charge in [0.15, 0.2) is 11.5 Å². The third-order valence-electron chi connectivity index (χ3n) is 3.88. The zero-order valence-corrected chi connectivity index (χ0v) is 11.5. The predicted octanol–water partition coefficient (Wildman–Crippen LogP) is 0.579. The van der Waals surface area contributed by atoms with E-state index in [0.29, 0.717) is 12.8 Å². The average molecular weight is 263 g/mol. The highest BCUT2D eigenvalue weighted by molar-refractivity contribution is 5.45. The van der Waals surface area contributed by atoms with Gasteiger partial charge in [-0.3, -0.25) is 0 Å². The monoisotopic (exact) mass is 263 g/mol. The maximum absolute atomic E-state index is 5.46. The second kappa shape index (κ2) is 5.36. The number of rotatable bonds is 3. The fourth-order valence-electron chi connectivity index (χ4n) is 2.86. The molecule has 104 valence electrons. The van der Waals surface area contributed by atoms with Gasteiger partial charge in [-0.2, -0.15) is 0 Å². The number of benzene rings is 1. The summed E-state index contributed by atoms with van der Waals surface area (Å²) in [5.74, 6) is 1.69. The molecule has 0 aromatic heterocycles. The van der Waals surface area contributed by atoms with Crippen LogP contribution in [0, 0.1) is 0 Å². The van der Waals surface area contributed by atoms with Crippen molar-refractivity contribution in [1.29, 1.82) is 0 Å². The predicted molar refractivity (Wildman–Crippen MR) is 73.7 cm³/mol. The zero-order chi connectivity index (χ0) is 13.2. The van der Waals surface area contributed by atoms with Gasteiger partial charge in [-0.15, -0.1) is 0 Å². The van der Waals surface area contributed by atoms with Gasteiger partial charge >= 0.3 is 0 Å². The molecule has 5 heteroatoms. The maximum atomic E-state index is 5.46.